The van der Waals surface area contributed by atoms with Gasteiger partial charge in [-0.2, -0.15) is 13.2 Å². The van der Waals surface area contributed by atoms with E-state index in [4.69, 9.17) is 0 Å². The van der Waals surface area contributed by atoms with Gasteiger partial charge in [0, 0.05) is 41.4 Å². The summed E-state index contributed by atoms with van der Waals surface area (Å²) in [6.07, 6.45) is -3.55. The Bertz CT molecular complexity index is 1030. The van der Waals surface area contributed by atoms with Crippen LogP contribution >= 0.6 is 0 Å². The number of hydrogen-bond donors (Lipinski definition) is 2. The maximum absolute atomic E-state index is 12.7. The lowest BCUT2D eigenvalue weighted by atomic mass is 9.95. The van der Waals surface area contributed by atoms with Crippen LogP contribution in [0.5, 0.6) is 0 Å². The van der Waals surface area contributed by atoms with Gasteiger partial charge in [-0.15, -0.1) is 0 Å². The summed E-state index contributed by atoms with van der Waals surface area (Å²) in [5.41, 5.74) is 0.0876. The van der Waals surface area contributed by atoms with Crippen molar-refractivity contribution in [3.8, 4) is 0 Å². The van der Waals surface area contributed by atoms with Crippen molar-refractivity contribution in [1.29, 1.82) is 0 Å². The first-order chi connectivity index (χ1) is 15.8. The van der Waals surface area contributed by atoms with Gasteiger partial charge in [0.25, 0.3) is 11.8 Å². The first kappa shape index (κ1) is 25.3. The van der Waals surface area contributed by atoms with Crippen molar-refractivity contribution in [1.82, 2.24) is 10.2 Å². The molecule has 0 aromatic heterocycles. The van der Waals surface area contributed by atoms with Crippen LogP contribution in [0.25, 0.3) is 0 Å². The molecule has 0 spiro atoms. The number of nitrogens with zero attached hydrogens (tertiary/aromatic N) is 1. The molecular weight excluding hydrogens is 447 g/mol. The van der Waals surface area contributed by atoms with Gasteiger partial charge in [0.2, 0.25) is 5.91 Å². The van der Waals surface area contributed by atoms with Gasteiger partial charge in [0.15, 0.2) is 0 Å². The van der Waals surface area contributed by atoms with Crippen LogP contribution in [0.2, 0.25) is 0 Å². The lowest BCUT2D eigenvalue weighted by Gasteiger charge is -2.31. The van der Waals surface area contributed by atoms with Crippen molar-refractivity contribution in [2.45, 2.75) is 45.3 Å². The largest absolute Gasteiger partial charge is 0.416 e. The number of benzene rings is 2. The van der Waals surface area contributed by atoms with E-state index < -0.39 is 11.7 Å². The van der Waals surface area contributed by atoms with Gasteiger partial charge in [0.1, 0.15) is 0 Å². The van der Waals surface area contributed by atoms with Crippen molar-refractivity contribution in [2.75, 3.05) is 18.4 Å². The molecule has 1 heterocycles. The highest BCUT2D eigenvalue weighted by Gasteiger charge is 2.31. The van der Waals surface area contributed by atoms with Crippen molar-refractivity contribution < 1.29 is 27.6 Å². The molecular formula is C25H28F3N3O3. The molecule has 0 radical (unpaired) electrons. The number of hydrogen-bond acceptors (Lipinski definition) is 3. The maximum Gasteiger partial charge on any atom is 0.416 e. The van der Waals surface area contributed by atoms with Crippen LogP contribution < -0.4 is 10.6 Å². The Morgan fingerprint density at radius 3 is 1.88 bits per heavy atom. The van der Waals surface area contributed by atoms with E-state index in [1.165, 1.54) is 12.1 Å². The normalized spacial score (nSPS) is 15.1. The van der Waals surface area contributed by atoms with Gasteiger partial charge in [-0.1, -0.05) is 0 Å². The maximum atomic E-state index is 12.7. The Balaban J connectivity index is 1.51. The summed E-state index contributed by atoms with van der Waals surface area (Å²) in [7, 11) is 0. The number of rotatable bonds is 4. The topological polar surface area (TPSA) is 78.5 Å². The number of amides is 3. The van der Waals surface area contributed by atoms with Crippen molar-refractivity contribution in [2.24, 2.45) is 5.92 Å². The summed E-state index contributed by atoms with van der Waals surface area (Å²) < 4.78 is 38.1. The molecule has 0 aliphatic carbocycles. The molecule has 3 amide bonds. The smallest absolute Gasteiger partial charge is 0.347 e. The molecule has 2 aromatic rings. The van der Waals surface area contributed by atoms with Gasteiger partial charge < -0.3 is 15.5 Å². The standard InChI is InChI=1S/C25H28F3N3O3/c1-24(2,3)30-22(33)16-6-10-20(11-7-16)29-21(32)17-12-14-31(15-13-17)23(34)18-4-8-19(9-5-18)25(26,27)28/h4-11,17H,12-15H2,1-3H3,(H,29,32)(H,30,33). The lowest BCUT2D eigenvalue weighted by molar-refractivity contribution is -0.137. The summed E-state index contributed by atoms with van der Waals surface area (Å²) >= 11 is 0. The predicted octanol–water partition coefficient (Wildman–Crippen LogP) is 4.72. The molecule has 1 fully saturated rings. The Labute approximate surface area is 196 Å². The van der Waals surface area contributed by atoms with E-state index in [1.807, 2.05) is 20.8 Å². The van der Waals surface area contributed by atoms with E-state index in [-0.39, 0.29) is 34.7 Å². The highest BCUT2D eigenvalue weighted by molar-refractivity contribution is 5.97. The molecule has 1 aliphatic rings. The van der Waals surface area contributed by atoms with Crippen LogP contribution in [-0.4, -0.2) is 41.2 Å². The minimum atomic E-state index is -4.45. The molecule has 3 rings (SSSR count). The summed E-state index contributed by atoms with van der Waals surface area (Å²) in [5, 5.41) is 5.71. The average molecular weight is 476 g/mol. The fourth-order valence-corrected chi connectivity index (χ4v) is 3.69. The summed E-state index contributed by atoms with van der Waals surface area (Å²) in [6, 6.07) is 10.8. The number of carbonyl (C=O) groups is 3. The van der Waals surface area contributed by atoms with Gasteiger partial charge in [-0.3, -0.25) is 14.4 Å². The average Bonchev–Trinajstić information content (AvgIpc) is 2.77. The highest BCUT2D eigenvalue weighted by Crippen LogP contribution is 2.29. The number of likely N-dealkylation sites (tertiary alicyclic amines) is 1. The van der Waals surface area contributed by atoms with Crippen LogP contribution in [-0.2, 0) is 11.0 Å². The molecule has 9 heteroatoms. The second-order valence-corrected chi connectivity index (χ2v) is 9.41. The zero-order chi connectivity index (χ0) is 25.1. The number of carbonyl (C=O) groups excluding carboxylic acids is 3. The third kappa shape index (κ3) is 6.59. The molecule has 0 bridgehead atoms. The fourth-order valence-electron chi connectivity index (χ4n) is 3.69. The molecule has 0 saturated carbocycles. The molecule has 6 nitrogen and oxygen atoms in total. The van der Waals surface area contributed by atoms with Crippen LogP contribution in [0.15, 0.2) is 48.5 Å². The first-order valence-corrected chi connectivity index (χ1v) is 11.0. The van der Waals surface area contributed by atoms with E-state index in [0.717, 1.165) is 12.1 Å². The zero-order valence-corrected chi connectivity index (χ0v) is 19.3. The number of alkyl halides is 3. The molecule has 182 valence electrons. The van der Waals surface area contributed by atoms with Crippen molar-refractivity contribution in [3.05, 3.63) is 65.2 Å². The minimum Gasteiger partial charge on any atom is -0.347 e. The van der Waals surface area contributed by atoms with Gasteiger partial charge >= 0.3 is 6.18 Å². The Morgan fingerprint density at radius 1 is 0.853 bits per heavy atom. The van der Waals surface area contributed by atoms with Crippen molar-refractivity contribution >= 4 is 23.4 Å². The number of anilines is 1. The first-order valence-electron chi connectivity index (χ1n) is 11.0. The third-order valence-electron chi connectivity index (χ3n) is 5.52. The number of piperidine rings is 1. The van der Waals surface area contributed by atoms with Crippen molar-refractivity contribution in [3.63, 3.8) is 0 Å². The van der Waals surface area contributed by atoms with E-state index in [1.54, 1.807) is 29.2 Å². The summed E-state index contributed by atoms with van der Waals surface area (Å²) in [5.74, 6) is -1.01. The van der Waals surface area contributed by atoms with E-state index in [9.17, 15) is 27.6 Å². The number of halogens is 3. The van der Waals surface area contributed by atoms with E-state index in [0.29, 0.717) is 37.2 Å². The molecule has 0 atom stereocenters. The van der Waals surface area contributed by atoms with E-state index in [2.05, 4.69) is 10.6 Å². The van der Waals surface area contributed by atoms with Gasteiger partial charge in [-0.25, -0.2) is 0 Å². The van der Waals surface area contributed by atoms with Crippen LogP contribution in [0.1, 0.15) is 59.9 Å². The third-order valence-corrected chi connectivity index (χ3v) is 5.52. The number of nitrogens with one attached hydrogen (secondary N) is 2. The molecule has 34 heavy (non-hydrogen) atoms. The monoisotopic (exact) mass is 475 g/mol. The molecule has 2 aromatic carbocycles. The quantitative estimate of drug-likeness (QED) is 0.672. The minimum absolute atomic E-state index is 0.173. The zero-order valence-electron chi connectivity index (χ0n) is 19.3. The summed E-state index contributed by atoms with van der Waals surface area (Å²) in [4.78, 5) is 39.0. The Morgan fingerprint density at radius 2 is 1.38 bits per heavy atom. The summed E-state index contributed by atoms with van der Waals surface area (Å²) in [6.45, 7) is 6.35. The molecule has 1 aliphatic heterocycles. The predicted molar refractivity (Wildman–Crippen MR) is 122 cm³/mol. The Kier molecular flexibility index (Phi) is 7.33. The fraction of sp³-hybridized carbons (Fsp3) is 0.400. The SMILES string of the molecule is CC(C)(C)NC(=O)c1ccc(NC(=O)C2CCN(C(=O)c3ccc(C(F)(F)F)cc3)CC2)cc1. The van der Waals surface area contributed by atoms with Crippen LogP contribution in [0, 0.1) is 5.92 Å². The van der Waals surface area contributed by atoms with Gasteiger partial charge in [-0.05, 0) is 82.1 Å². The van der Waals surface area contributed by atoms with E-state index >= 15 is 0 Å². The van der Waals surface area contributed by atoms with Gasteiger partial charge in [0.05, 0.1) is 5.56 Å². The second-order valence-electron chi connectivity index (χ2n) is 9.41. The van der Waals surface area contributed by atoms with Crippen LogP contribution in [0.4, 0.5) is 18.9 Å². The molecule has 2 N–H and O–H groups in total. The second kappa shape index (κ2) is 9.87. The van der Waals surface area contributed by atoms with Crippen LogP contribution in [0.3, 0.4) is 0 Å². The highest BCUT2D eigenvalue weighted by atomic mass is 19.4. The molecule has 0 unspecified atom stereocenters. The molecule has 1 saturated heterocycles. The Hall–Kier alpha value is -3.36. The lowest BCUT2D eigenvalue weighted by Crippen LogP contribution is -2.41.